The van der Waals surface area contributed by atoms with Crippen molar-refractivity contribution in [1.82, 2.24) is 0 Å². The van der Waals surface area contributed by atoms with E-state index in [1.807, 2.05) is 12.1 Å². The number of benzene rings is 2. The molecule has 0 aliphatic carbocycles. The minimum Gasteiger partial charge on any atom is -0.405 e. The van der Waals surface area contributed by atoms with Crippen LogP contribution in [0.2, 0.25) is 5.04 Å². The molecular formula is C21H28O2Si. The van der Waals surface area contributed by atoms with E-state index in [2.05, 4.69) is 75.9 Å². The molecular weight excluding hydrogens is 312 g/mol. The number of hydrogen-bond donors (Lipinski definition) is 1. The van der Waals surface area contributed by atoms with E-state index in [1.165, 1.54) is 10.4 Å². The lowest BCUT2D eigenvalue weighted by atomic mass is 10.2. The Morgan fingerprint density at radius 1 is 1.00 bits per heavy atom. The van der Waals surface area contributed by atoms with Gasteiger partial charge >= 0.3 is 0 Å². The van der Waals surface area contributed by atoms with Gasteiger partial charge in [0.2, 0.25) is 0 Å². The smallest absolute Gasteiger partial charge is 0.261 e. The molecule has 0 aliphatic rings. The maximum Gasteiger partial charge on any atom is 0.261 e. The Balaban J connectivity index is 2.55. The van der Waals surface area contributed by atoms with Crippen molar-refractivity contribution in [1.29, 1.82) is 0 Å². The van der Waals surface area contributed by atoms with Gasteiger partial charge in [0.05, 0.1) is 12.7 Å². The molecule has 128 valence electrons. The van der Waals surface area contributed by atoms with Crippen molar-refractivity contribution in [3.05, 3.63) is 73.3 Å². The van der Waals surface area contributed by atoms with Gasteiger partial charge in [0.1, 0.15) is 0 Å². The summed E-state index contributed by atoms with van der Waals surface area (Å²) in [6.45, 7) is 10.7. The monoisotopic (exact) mass is 340 g/mol. The standard InChI is InChI=1S/C21H28O2Si/c1-5-12-18(22)17-23-24(21(2,3)4,19-13-8-6-9-14-19)20-15-10-7-11-16-20/h5-11,13-16,18,22H,1,12,17H2,2-4H3/t18-/m0/s1. The average molecular weight is 341 g/mol. The summed E-state index contributed by atoms with van der Waals surface area (Å²) in [4.78, 5) is 0. The molecule has 0 saturated heterocycles. The number of hydrogen-bond acceptors (Lipinski definition) is 2. The Morgan fingerprint density at radius 3 is 1.83 bits per heavy atom. The second kappa shape index (κ2) is 7.93. The first-order chi connectivity index (χ1) is 11.4. The van der Waals surface area contributed by atoms with E-state index >= 15 is 0 Å². The van der Waals surface area contributed by atoms with Crippen LogP contribution < -0.4 is 10.4 Å². The predicted octanol–water partition coefficient (Wildman–Crippen LogP) is 3.50. The molecule has 0 heterocycles. The maximum absolute atomic E-state index is 10.2. The number of aliphatic hydroxyl groups excluding tert-OH is 1. The zero-order valence-corrected chi connectivity index (χ0v) is 15.9. The van der Waals surface area contributed by atoms with Crippen LogP contribution in [0, 0.1) is 0 Å². The summed E-state index contributed by atoms with van der Waals surface area (Å²) in [6, 6.07) is 20.9. The van der Waals surface area contributed by atoms with Gasteiger partial charge in [-0.15, -0.1) is 6.58 Å². The summed E-state index contributed by atoms with van der Waals surface area (Å²) < 4.78 is 6.62. The normalized spacial score (nSPS) is 13.5. The molecule has 0 radical (unpaired) electrons. The molecule has 0 unspecified atom stereocenters. The third-order valence-corrected chi connectivity index (χ3v) is 9.35. The minimum absolute atomic E-state index is 0.0659. The second-order valence-corrected chi connectivity index (χ2v) is 11.5. The van der Waals surface area contributed by atoms with E-state index in [9.17, 15) is 5.11 Å². The molecule has 2 aromatic carbocycles. The highest BCUT2D eigenvalue weighted by Crippen LogP contribution is 2.36. The lowest BCUT2D eigenvalue weighted by Crippen LogP contribution is -2.67. The van der Waals surface area contributed by atoms with E-state index in [4.69, 9.17) is 4.43 Å². The zero-order chi connectivity index (χ0) is 17.6. The Hall–Kier alpha value is -1.68. The van der Waals surface area contributed by atoms with E-state index in [1.54, 1.807) is 6.08 Å². The Morgan fingerprint density at radius 2 is 1.46 bits per heavy atom. The van der Waals surface area contributed by atoms with Gasteiger partial charge in [0.15, 0.2) is 0 Å². The second-order valence-electron chi connectivity index (χ2n) is 7.15. The molecule has 1 N–H and O–H groups in total. The minimum atomic E-state index is -2.54. The fraction of sp³-hybridized carbons (Fsp3) is 0.333. The van der Waals surface area contributed by atoms with Crippen LogP contribution in [0.3, 0.4) is 0 Å². The fourth-order valence-corrected chi connectivity index (χ4v) is 7.84. The first-order valence-corrected chi connectivity index (χ1v) is 10.4. The SMILES string of the molecule is C=CC[C@H](O)CO[Si](c1ccccc1)(c1ccccc1)C(C)(C)C. The van der Waals surface area contributed by atoms with Crippen molar-refractivity contribution in [2.75, 3.05) is 6.61 Å². The van der Waals surface area contributed by atoms with Crippen molar-refractivity contribution in [2.24, 2.45) is 0 Å². The van der Waals surface area contributed by atoms with E-state index < -0.39 is 14.4 Å². The molecule has 0 aliphatic heterocycles. The highest BCUT2D eigenvalue weighted by Gasteiger charge is 2.50. The number of rotatable bonds is 7. The van der Waals surface area contributed by atoms with Crippen molar-refractivity contribution < 1.29 is 9.53 Å². The summed E-state index contributed by atoms with van der Waals surface area (Å²) >= 11 is 0. The summed E-state index contributed by atoms with van der Waals surface area (Å²) in [5.41, 5.74) is 0. The molecule has 2 rings (SSSR count). The summed E-state index contributed by atoms with van der Waals surface area (Å²) in [7, 11) is -2.54. The maximum atomic E-state index is 10.2. The average Bonchev–Trinajstić information content (AvgIpc) is 2.56. The van der Waals surface area contributed by atoms with Gasteiger partial charge < -0.3 is 9.53 Å². The van der Waals surface area contributed by atoms with Gasteiger partial charge in [-0.3, -0.25) is 0 Å². The van der Waals surface area contributed by atoms with Gasteiger partial charge in [-0.1, -0.05) is 87.5 Å². The van der Waals surface area contributed by atoms with Crippen molar-refractivity contribution in [2.45, 2.75) is 38.3 Å². The Kier molecular flexibility index (Phi) is 6.16. The molecule has 0 amide bonds. The summed E-state index contributed by atoms with van der Waals surface area (Å²) in [5.74, 6) is 0. The molecule has 0 aromatic heterocycles. The van der Waals surface area contributed by atoms with Crippen LogP contribution in [0.25, 0.3) is 0 Å². The molecule has 24 heavy (non-hydrogen) atoms. The summed E-state index contributed by atoms with van der Waals surface area (Å²) in [6.07, 6.45) is 1.75. The Bertz CT molecular complexity index is 592. The van der Waals surface area contributed by atoms with E-state index in [-0.39, 0.29) is 5.04 Å². The van der Waals surface area contributed by atoms with Crippen LogP contribution in [0.15, 0.2) is 73.3 Å². The molecule has 0 fully saturated rings. The van der Waals surface area contributed by atoms with Crippen LogP contribution in [-0.4, -0.2) is 26.1 Å². The van der Waals surface area contributed by atoms with Gasteiger partial charge in [-0.2, -0.15) is 0 Å². The molecule has 3 heteroatoms. The molecule has 1 atom stereocenters. The van der Waals surface area contributed by atoms with Crippen LogP contribution in [0.1, 0.15) is 27.2 Å². The number of aliphatic hydroxyl groups is 1. The van der Waals surface area contributed by atoms with Gasteiger partial charge in [0.25, 0.3) is 8.32 Å². The van der Waals surface area contributed by atoms with Crippen LogP contribution in [0.4, 0.5) is 0 Å². The molecule has 0 spiro atoms. The zero-order valence-electron chi connectivity index (χ0n) is 14.9. The Labute approximate surface area is 146 Å². The topological polar surface area (TPSA) is 29.5 Å². The lowest BCUT2D eigenvalue weighted by molar-refractivity contribution is 0.105. The van der Waals surface area contributed by atoms with Gasteiger partial charge in [-0.25, -0.2) is 0 Å². The van der Waals surface area contributed by atoms with Gasteiger partial charge in [-0.05, 0) is 21.8 Å². The van der Waals surface area contributed by atoms with Crippen LogP contribution in [-0.2, 0) is 4.43 Å². The summed E-state index contributed by atoms with van der Waals surface area (Å²) in [5, 5.41) is 12.6. The molecule has 2 nitrogen and oxygen atoms in total. The van der Waals surface area contributed by atoms with E-state index in [0.29, 0.717) is 13.0 Å². The predicted molar refractivity (Wildman–Crippen MR) is 104 cm³/mol. The van der Waals surface area contributed by atoms with Crippen molar-refractivity contribution >= 4 is 18.7 Å². The van der Waals surface area contributed by atoms with E-state index in [0.717, 1.165) is 0 Å². The highest BCUT2D eigenvalue weighted by molar-refractivity contribution is 6.99. The van der Waals surface area contributed by atoms with Crippen molar-refractivity contribution in [3.8, 4) is 0 Å². The van der Waals surface area contributed by atoms with Gasteiger partial charge in [0, 0.05) is 0 Å². The molecule has 2 aromatic rings. The van der Waals surface area contributed by atoms with Crippen molar-refractivity contribution in [3.63, 3.8) is 0 Å². The van der Waals surface area contributed by atoms with Crippen LogP contribution in [0.5, 0.6) is 0 Å². The first-order valence-electron chi connectivity index (χ1n) is 8.46. The largest absolute Gasteiger partial charge is 0.405 e. The lowest BCUT2D eigenvalue weighted by Gasteiger charge is -2.43. The third-order valence-electron chi connectivity index (χ3n) is 4.35. The first kappa shape index (κ1) is 18.7. The van der Waals surface area contributed by atoms with Crippen LogP contribution >= 0.6 is 0 Å². The third kappa shape index (κ3) is 3.86. The quantitative estimate of drug-likeness (QED) is 0.617. The fourth-order valence-electron chi connectivity index (χ4n) is 3.24. The molecule has 0 saturated carbocycles. The highest BCUT2D eigenvalue weighted by atomic mass is 28.4. The molecule has 0 bridgehead atoms.